The van der Waals surface area contributed by atoms with Gasteiger partial charge in [0.05, 0.1) is 12.1 Å². The third kappa shape index (κ3) is 3.15. The normalized spacial score (nSPS) is 33.7. The van der Waals surface area contributed by atoms with Crippen molar-refractivity contribution in [3.63, 3.8) is 0 Å². The van der Waals surface area contributed by atoms with Crippen LogP contribution in [0.2, 0.25) is 0 Å². The van der Waals surface area contributed by atoms with E-state index in [1.165, 1.54) is 18.4 Å². The molecule has 0 aromatic heterocycles. The molecule has 2 aliphatic heterocycles. The summed E-state index contributed by atoms with van der Waals surface area (Å²) in [6.07, 6.45) is 5.69. The number of carbonyl (C=O) groups excluding carboxylic acids is 1. The molecule has 0 spiro atoms. The zero-order valence-electron chi connectivity index (χ0n) is 18.3. The summed E-state index contributed by atoms with van der Waals surface area (Å²) in [4.78, 5) is 19.2. The Hall–Kier alpha value is -1.63. The Balaban J connectivity index is 1.54. The number of phenols is 1. The van der Waals surface area contributed by atoms with E-state index in [0.717, 1.165) is 43.8 Å². The van der Waals surface area contributed by atoms with Gasteiger partial charge in [-0.2, -0.15) is 0 Å². The predicted molar refractivity (Wildman–Crippen MR) is 116 cm³/mol. The van der Waals surface area contributed by atoms with Gasteiger partial charge in [0.2, 0.25) is 5.91 Å². The Morgan fingerprint density at radius 3 is 2.63 bits per heavy atom. The summed E-state index contributed by atoms with van der Waals surface area (Å²) in [6.45, 7) is 3.75. The first-order chi connectivity index (χ1) is 14.3. The molecule has 5 rings (SSSR count). The van der Waals surface area contributed by atoms with Crippen molar-refractivity contribution in [2.45, 2.75) is 55.6 Å². The SMILES string of the molecule is CN(C)CC(=O)N1CCC23CCN(CC4CC4)C(Cc4ccc(O)cc42)C3(O)CC1. The third-order valence-corrected chi connectivity index (χ3v) is 8.23. The number of likely N-dealkylation sites (tertiary alicyclic amines) is 2. The number of rotatable bonds is 4. The lowest BCUT2D eigenvalue weighted by atomic mass is 9.52. The molecular formula is C24H35N3O3. The Morgan fingerprint density at radius 2 is 1.90 bits per heavy atom. The van der Waals surface area contributed by atoms with Crippen LogP contribution in [0.5, 0.6) is 5.75 Å². The van der Waals surface area contributed by atoms with Gasteiger partial charge in [-0.05, 0) is 88.3 Å². The molecule has 2 heterocycles. The lowest BCUT2D eigenvalue weighted by Crippen LogP contribution is -2.71. The van der Waals surface area contributed by atoms with Gasteiger partial charge in [0.15, 0.2) is 0 Å². The van der Waals surface area contributed by atoms with Crippen LogP contribution in [0, 0.1) is 5.92 Å². The van der Waals surface area contributed by atoms with Crippen molar-refractivity contribution in [1.82, 2.24) is 14.7 Å². The summed E-state index contributed by atoms with van der Waals surface area (Å²) >= 11 is 0. The average molecular weight is 414 g/mol. The summed E-state index contributed by atoms with van der Waals surface area (Å²) in [6, 6.07) is 5.82. The molecule has 3 atom stereocenters. The molecule has 2 N–H and O–H groups in total. The van der Waals surface area contributed by atoms with Crippen molar-refractivity contribution in [1.29, 1.82) is 0 Å². The number of hydrogen-bond acceptors (Lipinski definition) is 5. The van der Waals surface area contributed by atoms with E-state index in [4.69, 9.17) is 0 Å². The number of likely N-dealkylation sites (N-methyl/N-ethyl adjacent to an activating group) is 1. The van der Waals surface area contributed by atoms with E-state index >= 15 is 0 Å². The van der Waals surface area contributed by atoms with Crippen LogP contribution in [0.4, 0.5) is 0 Å². The Kier molecular flexibility index (Phi) is 4.88. The van der Waals surface area contributed by atoms with E-state index in [2.05, 4.69) is 11.0 Å². The summed E-state index contributed by atoms with van der Waals surface area (Å²) in [5.41, 5.74) is 1.12. The van der Waals surface area contributed by atoms with Crippen molar-refractivity contribution in [2.75, 3.05) is 46.8 Å². The van der Waals surface area contributed by atoms with Gasteiger partial charge in [-0.3, -0.25) is 9.69 Å². The van der Waals surface area contributed by atoms with E-state index in [1.54, 1.807) is 6.07 Å². The maximum absolute atomic E-state index is 12.8. The maximum atomic E-state index is 12.8. The van der Waals surface area contributed by atoms with Crippen LogP contribution in [0.1, 0.15) is 43.2 Å². The molecule has 6 nitrogen and oxygen atoms in total. The second-order valence-corrected chi connectivity index (χ2v) is 10.4. The number of benzene rings is 1. The second-order valence-electron chi connectivity index (χ2n) is 10.4. The average Bonchev–Trinajstić information content (AvgIpc) is 3.50. The van der Waals surface area contributed by atoms with Crippen LogP contribution in [-0.4, -0.2) is 89.3 Å². The van der Waals surface area contributed by atoms with Gasteiger partial charge in [-0.15, -0.1) is 0 Å². The molecule has 6 heteroatoms. The van der Waals surface area contributed by atoms with Crippen LogP contribution in [-0.2, 0) is 16.6 Å². The first-order valence-electron chi connectivity index (χ1n) is 11.5. The summed E-state index contributed by atoms with van der Waals surface area (Å²) < 4.78 is 0. The van der Waals surface area contributed by atoms with Gasteiger partial charge in [-0.25, -0.2) is 0 Å². The molecule has 3 fully saturated rings. The third-order valence-electron chi connectivity index (χ3n) is 8.23. The highest BCUT2D eigenvalue weighted by atomic mass is 16.3. The zero-order chi connectivity index (χ0) is 21.1. The second kappa shape index (κ2) is 7.21. The van der Waals surface area contributed by atoms with Gasteiger partial charge in [0, 0.05) is 31.1 Å². The smallest absolute Gasteiger partial charge is 0.236 e. The Morgan fingerprint density at radius 1 is 1.17 bits per heavy atom. The van der Waals surface area contributed by atoms with E-state index in [0.29, 0.717) is 26.1 Å². The number of phenolic OH excluding ortho intramolecular Hbond substituents is 1. The standard InChI is InChI=1S/C24H35N3O3/c1-25(2)16-22(29)26-10-7-23-8-11-27(15-17-3-4-17)21(24(23,30)9-12-26)13-18-5-6-19(28)14-20(18)23/h5-6,14,17,21,28,30H,3-4,7-13,15-16H2,1-2H3. The van der Waals surface area contributed by atoms with Gasteiger partial charge < -0.3 is 20.0 Å². The number of hydrogen-bond donors (Lipinski definition) is 2. The van der Waals surface area contributed by atoms with Crippen molar-refractivity contribution in [2.24, 2.45) is 5.92 Å². The first kappa shape index (κ1) is 20.3. The van der Waals surface area contributed by atoms with E-state index in [9.17, 15) is 15.0 Å². The lowest BCUT2D eigenvalue weighted by molar-refractivity contribution is -0.149. The van der Waals surface area contributed by atoms with E-state index in [1.807, 2.05) is 30.0 Å². The molecule has 4 aliphatic rings. The molecular weight excluding hydrogens is 378 g/mol. The van der Waals surface area contributed by atoms with Crippen LogP contribution in [0.3, 0.4) is 0 Å². The van der Waals surface area contributed by atoms with Crippen LogP contribution < -0.4 is 0 Å². The van der Waals surface area contributed by atoms with Crippen LogP contribution in [0.25, 0.3) is 0 Å². The van der Waals surface area contributed by atoms with E-state index < -0.39 is 11.0 Å². The van der Waals surface area contributed by atoms with Crippen LogP contribution in [0.15, 0.2) is 18.2 Å². The van der Waals surface area contributed by atoms with Gasteiger partial charge >= 0.3 is 0 Å². The molecule has 2 aliphatic carbocycles. The van der Waals surface area contributed by atoms with Crippen molar-refractivity contribution >= 4 is 5.91 Å². The highest BCUT2D eigenvalue weighted by Gasteiger charge is 2.63. The Bertz CT molecular complexity index is 839. The fraction of sp³-hybridized carbons (Fsp3) is 0.708. The minimum Gasteiger partial charge on any atom is -0.508 e. The fourth-order valence-corrected chi connectivity index (χ4v) is 6.49. The number of fused-ring (bicyclic) bond motifs is 1. The largest absolute Gasteiger partial charge is 0.508 e. The van der Waals surface area contributed by atoms with Crippen molar-refractivity contribution in [3.05, 3.63) is 29.3 Å². The lowest BCUT2D eigenvalue weighted by Gasteiger charge is -2.61. The highest BCUT2D eigenvalue weighted by Crippen LogP contribution is 2.56. The number of aromatic hydroxyl groups is 1. The molecule has 2 bridgehead atoms. The minimum absolute atomic E-state index is 0.0905. The van der Waals surface area contributed by atoms with Crippen LogP contribution >= 0.6 is 0 Å². The molecule has 30 heavy (non-hydrogen) atoms. The Labute approximate surface area is 179 Å². The number of nitrogens with zero attached hydrogens (tertiary/aromatic N) is 3. The van der Waals surface area contributed by atoms with Crippen molar-refractivity contribution in [3.8, 4) is 5.75 Å². The summed E-state index contributed by atoms with van der Waals surface area (Å²) in [5.74, 6) is 1.19. The summed E-state index contributed by atoms with van der Waals surface area (Å²) in [5, 5.41) is 22.7. The molecule has 1 aromatic carbocycles. The molecule has 164 valence electrons. The molecule has 1 amide bonds. The molecule has 1 saturated carbocycles. The molecule has 3 unspecified atom stereocenters. The summed E-state index contributed by atoms with van der Waals surface area (Å²) in [7, 11) is 3.84. The van der Waals surface area contributed by atoms with Gasteiger partial charge in [0.1, 0.15) is 5.75 Å². The quantitative estimate of drug-likeness (QED) is 0.785. The molecule has 1 aromatic rings. The zero-order valence-corrected chi connectivity index (χ0v) is 18.3. The topological polar surface area (TPSA) is 67.3 Å². The number of aliphatic hydroxyl groups is 1. The number of amides is 1. The molecule has 2 saturated heterocycles. The van der Waals surface area contributed by atoms with Gasteiger partial charge in [-0.1, -0.05) is 6.07 Å². The van der Waals surface area contributed by atoms with Crippen molar-refractivity contribution < 1.29 is 15.0 Å². The first-order valence-corrected chi connectivity index (χ1v) is 11.5. The van der Waals surface area contributed by atoms with E-state index in [-0.39, 0.29) is 17.7 Å². The molecule has 0 radical (unpaired) electrons. The highest BCUT2D eigenvalue weighted by molar-refractivity contribution is 5.78. The number of carbonyl (C=O) groups is 1. The maximum Gasteiger partial charge on any atom is 0.236 e. The monoisotopic (exact) mass is 413 g/mol. The minimum atomic E-state index is -0.867. The fourth-order valence-electron chi connectivity index (χ4n) is 6.49. The van der Waals surface area contributed by atoms with Gasteiger partial charge in [0.25, 0.3) is 0 Å². The predicted octanol–water partition coefficient (Wildman–Crippen LogP) is 1.59. The number of piperidine rings is 1.